The van der Waals surface area contributed by atoms with Crippen LogP contribution in [0.4, 0.5) is 5.69 Å². The Balaban J connectivity index is 1.48. The van der Waals surface area contributed by atoms with Gasteiger partial charge in [0.05, 0.1) is 24.5 Å². The van der Waals surface area contributed by atoms with E-state index in [1.165, 1.54) is 0 Å². The summed E-state index contributed by atoms with van der Waals surface area (Å²) >= 11 is 5.96. The molecule has 1 unspecified atom stereocenters. The summed E-state index contributed by atoms with van der Waals surface area (Å²) in [5.74, 6) is 1.40. The number of rotatable bonds is 5. The second-order valence-corrected chi connectivity index (χ2v) is 7.74. The van der Waals surface area contributed by atoms with Gasteiger partial charge in [-0.3, -0.25) is 4.79 Å². The Morgan fingerprint density at radius 1 is 1.23 bits per heavy atom. The van der Waals surface area contributed by atoms with Gasteiger partial charge in [-0.1, -0.05) is 23.7 Å². The lowest BCUT2D eigenvalue weighted by Gasteiger charge is -2.37. The van der Waals surface area contributed by atoms with Crippen LogP contribution in [0.1, 0.15) is 23.4 Å². The zero-order valence-electron chi connectivity index (χ0n) is 17.2. The fourth-order valence-electron chi connectivity index (χ4n) is 3.64. The number of hydrogen-bond acceptors (Lipinski definition) is 5. The lowest BCUT2D eigenvalue weighted by Crippen LogP contribution is -2.47. The molecule has 0 spiro atoms. The van der Waals surface area contributed by atoms with Crippen molar-refractivity contribution in [1.82, 2.24) is 19.7 Å². The monoisotopic (exact) mass is 425 g/mol. The second kappa shape index (κ2) is 8.36. The van der Waals surface area contributed by atoms with Gasteiger partial charge in [-0.05, 0) is 50.2 Å². The summed E-state index contributed by atoms with van der Waals surface area (Å²) in [6, 6.07) is 15.2. The molecule has 2 aromatic carbocycles. The summed E-state index contributed by atoms with van der Waals surface area (Å²) in [5.41, 5.74) is 1.89. The van der Waals surface area contributed by atoms with Crippen molar-refractivity contribution in [3.05, 3.63) is 65.2 Å². The number of anilines is 1. The Labute approximate surface area is 180 Å². The Kier molecular flexibility index (Phi) is 5.63. The maximum absolute atomic E-state index is 13.0. The van der Waals surface area contributed by atoms with E-state index in [2.05, 4.69) is 28.0 Å². The first kappa shape index (κ1) is 20.2. The third-order valence-corrected chi connectivity index (χ3v) is 5.41. The van der Waals surface area contributed by atoms with Crippen LogP contribution < -0.4 is 9.64 Å². The summed E-state index contributed by atoms with van der Waals surface area (Å²) < 4.78 is 7.78. The van der Waals surface area contributed by atoms with E-state index in [4.69, 9.17) is 16.3 Å². The van der Waals surface area contributed by atoms with Crippen LogP contribution >= 0.6 is 11.6 Å². The standard InChI is InChI=1S/C22H24ClN5O2/c1-4-27-14-18(30-20-8-6-5-7-19(20)27)13-26(3)22(29)21-24-15(2)28(25-21)17-11-9-16(23)10-12-17/h5-12,18H,4,13-14H2,1-3H3. The van der Waals surface area contributed by atoms with E-state index in [9.17, 15) is 4.79 Å². The summed E-state index contributed by atoms with van der Waals surface area (Å²) in [4.78, 5) is 21.2. The summed E-state index contributed by atoms with van der Waals surface area (Å²) in [7, 11) is 1.75. The van der Waals surface area contributed by atoms with E-state index in [0.717, 1.165) is 30.2 Å². The van der Waals surface area contributed by atoms with Gasteiger partial charge in [-0.15, -0.1) is 5.10 Å². The maximum Gasteiger partial charge on any atom is 0.293 e. The SMILES string of the molecule is CCN1CC(CN(C)C(=O)c2nc(C)n(-c3ccc(Cl)cc3)n2)Oc2ccccc21. The molecular weight excluding hydrogens is 402 g/mol. The Morgan fingerprint density at radius 3 is 2.70 bits per heavy atom. The van der Waals surface area contributed by atoms with E-state index in [1.54, 1.807) is 28.8 Å². The summed E-state index contributed by atoms with van der Waals surface area (Å²) in [6.45, 7) is 5.97. The molecule has 1 aliphatic rings. The van der Waals surface area contributed by atoms with Crippen molar-refractivity contribution in [1.29, 1.82) is 0 Å². The van der Waals surface area contributed by atoms with Gasteiger partial charge in [0.15, 0.2) is 0 Å². The Hall–Kier alpha value is -3.06. The van der Waals surface area contributed by atoms with Crippen molar-refractivity contribution in [2.24, 2.45) is 0 Å². The molecule has 0 N–H and O–H groups in total. The number of likely N-dealkylation sites (N-methyl/N-ethyl adjacent to an activating group) is 2. The number of para-hydroxylation sites is 2. The number of ether oxygens (including phenoxy) is 1. The molecule has 1 atom stereocenters. The van der Waals surface area contributed by atoms with Crippen LogP contribution in [0.25, 0.3) is 5.69 Å². The molecule has 0 bridgehead atoms. The average Bonchev–Trinajstić information content (AvgIpc) is 3.14. The fourth-order valence-corrected chi connectivity index (χ4v) is 3.77. The molecule has 0 aliphatic carbocycles. The first-order chi connectivity index (χ1) is 14.5. The van der Waals surface area contributed by atoms with Crippen molar-refractivity contribution in [3.8, 4) is 11.4 Å². The van der Waals surface area contributed by atoms with Gasteiger partial charge in [0.2, 0.25) is 5.82 Å². The molecule has 4 rings (SSSR count). The van der Waals surface area contributed by atoms with Crippen LogP contribution in [0.5, 0.6) is 5.75 Å². The molecule has 156 valence electrons. The van der Waals surface area contributed by atoms with Crippen LogP contribution in [0, 0.1) is 6.92 Å². The van der Waals surface area contributed by atoms with E-state index in [0.29, 0.717) is 17.4 Å². The van der Waals surface area contributed by atoms with Crippen molar-refractivity contribution in [2.75, 3.05) is 31.6 Å². The third kappa shape index (κ3) is 3.98. The number of fused-ring (bicyclic) bond motifs is 1. The Bertz CT molecular complexity index is 1050. The van der Waals surface area contributed by atoms with Crippen molar-refractivity contribution in [2.45, 2.75) is 20.0 Å². The van der Waals surface area contributed by atoms with Gasteiger partial charge in [0, 0.05) is 18.6 Å². The minimum Gasteiger partial charge on any atom is -0.485 e. The number of benzene rings is 2. The topological polar surface area (TPSA) is 63.5 Å². The highest BCUT2D eigenvalue weighted by molar-refractivity contribution is 6.30. The van der Waals surface area contributed by atoms with E-state index < -0.39 is 0 Å². The minimum atomic E-state index is -0.240. The zero-order valence-corrected chi connectivity index (χ0v) is 18.0. The highest BCUT2D eigenvalue weighted by Gasteiger charge is 2.28. The molecule has 0 fully saturated rings. The van der Waals surface area contributed by atoms with Crippen LogP contribution in [0.15, 0.2) is 48.5 Å². The molecule has 1 aliphatic heterocycles. The predicted molar refractivity (Wildman–Crippen MR) is 117 cm³/mol. The largest absolute Gasteiger partial charge is 0.485 e. The molecule has 8 heteroatoms. The van der Waals surface area contributed by atoms with Gasteiger partial charge in [0.1, 0.15) is 17.7 Å². The first-order valence-electron chi connectivity index (χ1n) is 9.92. The van der Waals surface area contributed by atoms with Crippen molar-refractivity contribution >= 4 is 23.2 Å². The normalized spacial score (nSPS) is 15.5. The quantitative estimate of drug-likeness (QED) is 0.625. The first-order valence-corrected chi connectivity index (χ1v) is 10.3. The number of aryl methyl sites for hydroxylation is 1. The van der Waals surface area contributed by atoms with Gasteiger partial charge in [0.25, 0.3) is 5.91 Å². The fraction of sp³-hybridized carbons (Fsp3) is 0.318. The molecule has 7 nitrogen and oxygen atoms in total. The van der Waals surface area contributed by atoms with Crippen molar-refractivity contribution in [3.63, 3.8) is 0 Å². The molecule has 0 radical (unpaired) electrons. The van der Waals surface area contributed by atoms with E-state index in [1.807, 2.05) is 37.3 Å². The summed E-state index contributed by atoms with van der Waals surface area (Å²) in [5, 5.41) is 5.05. The highest BCUT2D eigenvalue weighted by Crippen LogP contribution is 2.32. The van der Waals surface area contributed by atoms with Gasteiger partial charge in [-0.2, -0.15) is 0 Å². The number of halogens is 1. The van der Waals surface area contributed by atoms with Gasteiger partial charge >= 0.3 is 0 Å². The molecular formula is C22H24ClN5O2. The van der Waals surface area contributed by atoms with Crippen LogP contribution in [0.3, 0.4) is 0 Å². The highest BCUT2D eigenvalue weighted by atomic mass is 35.5. The van der Waals surface area contributed by atoms with E-state index >= 15 is 0 Å². The Morgan fingerprint density at radius 2 is 1.97 bits per heavy atom. The molecule has 1 amide bonds. The number of aromatic nitrogens is 3. The molecule has 0 saturated carbocycles. The van der Waals surface area contributed by atoms with Crippen LogP contribution in [-0.2, 0) is 0 Å². The third-order valence-electron chi connectivity index (χ3n) is 5.16. The van der Waals surface area contributed by atoms with Gasteiger partial charge < -0.3 is 14.5 Å². The second-order valence-electron chi connectivity index (χ2n) is 7.30. The smallest absolute Gasteiger partial charge is 0.293 e. The zero-order chi connectivity index (χ0) is 21.3. The predicted octanol–water partition coefficient (Wildman–Crippen LogP) is 3.59. The molecule has 3 aromatic rings. The van der Waals surface area contributed by atoms with E-state index in [-0.39, 0.29) is 17.8 Å². The molecule has 2 heterocycles. The number of amides is 1. The van der Waals surface area contributed by atoms with Gasteiger partial charge in [-0.25, -0.2) is 9.67 Å². The van der Waals surface area contributed by atoms with Crippen LogP contribution in [-0.4, -0.2) is 58.4 Å². The lowest BCUT2D eigenvalue weighted by atomic mass is 10.2. The molecule has 0 saturated heterocycles. The summed E-state index contributed by atoms with van der Waals surface area (Å²) in [6.07, 6.45) is -0.131. The number of nitrogens with zero attached hydrogens (tertiary/aromatic N) is 5. The lowest BCUT2D eigenvalue weighted by molar-refractivity contribution is 0.0698. The minimum absolute atomic E-state index is 0.131. The van der Waals surface area contributed by atoms with Crippen molar-refractivity contribution < 1.29 is 9.53 Å². The number of hydrogen-bond donors (Lipinski definition) is 0. The molecule has 1 aromatic heterocycles. The number of carbonyl (C=O) groups is 1. The number of carbonyl (C=O) groups excluding carboxylic acids is 1. The molecule has 30 heavy (non-hydrogen) atoms. The average molecular weight is 426 g/mol. The maximum atomic E-state index is 13.0. The van der Waals surface area contributed by atoms with Crippen LogP contribution in [0.2, 0.25) is 5.02 Å².